The lowest BCUT2D eigenvalue weighted by molar-refractivity contribution is 0.164. The quantitative estimate of drug-likeness (QED) is 0.891. The fourth-order valence-electron chi connectivity index (χ4n) is 1.26. The summed E-state index contributed by atoms with van der Waals surface area (Å²) in [5.74, 6) is 0.118. The Morgan fingerprint density at radius 1 is 1.53 bits per heavy atom. The highest BCUT2D eigenvalue weighted by Gasteiger charge is 2.05. The van der Waals surface area contributed by atoms with Crippen molar-refractivity contribution in [2.24, 2.45) is 5.92 Å². The summed E-state index contributed by atoms with van der Waals surface area (Å²) in [4.78, 5) is 0. The second-order valence-corrected chi connectivity index (χ2v) is 4.48. The van der Waals surface area contributed by atoms with Crippen molar-refractivity contribution in [3.05, 3.63) is 28.5 Å². The molecule has 2 nitrogen and oxygen atoms in total. The molecular weight excluding hydrogens is 261 g/mol. The van der Waals surface area contributed by atoms with Gasteiger partial charge in [-0.05, 0) is 24.1 Å². The standard InChI is InChI=1S/C11H15BrFNO/c1-8(7-15-2)6-14-11-4-3-9(12)5-10(11)13/h3-5,8,14H,6-7H2,1-2H3. The second kappa shape index (κ2) is 6.08. The molecule has 0 spiro atoms. The van der Waals surface area contributed by atoms with Gasteiger partial charge in [0, 0.05) is 18.1 Å². The van der Waals surface area contributed by atoms with E-state index in [0.717, 1.165) is 4.47 Å². The number of nitrogens with one attached hydrogen (secondary N) is 1. The number of benzene rings is 1. The van der Waals surface area contributed by atoms with Crippen molar-refractivity contribution in [3.8, 4) is 0 Å². The fourth-order valence-corrected chi connectivity index (χ4v) is 1.59. The predicted octanol–water partition coefficient (Wildman–Crippen LogP) is 3.28. The molecule has 1 unspecified atom stereocenters. The van der Waals surface area contributed by atoms with E-state index in [1.165, 1.54) is 6.07 Å². The third kappa shape index (κ3) is 4.18. The minimum atomic E-state index is -0.242. The van der Waals surface area contributed by atoms with Gasteiger partial charge >= 0.3 is 0 Å². The Balaban J connectivity index is 2.50. The molecule has 0 heterocycles. The van der Waals surface area contributed by atoms with Gasteiger partial charge in [-0.25, -0.2) is 4.39 Å². The number of anilines is 1. The van der Waals surface area contributed by atoms with Crippen LogP contribution in [0.2, 0.25) is 0 Å². The summed E-state index contributed by atoms with van der Waals surface area (Å²) < 4.78 is 19.1. The molecule has 1 rings (SSSR count). The Hall–Kier alpha value is -0.610. The van der Waals surface area contributed by atoms with E-state index in [1.54, 1.807) is 13.2 Å². The summed E-state index contributed by atoms with van der Waals surface area (Å²) in [7, 11) is 1.66. The molecule has 0 amide bonds. The van der Waals surface area contributed by atoms with Gasteiger partial charge in [0.05, 0.1) is 12.3 Å². The van der Waals surface area contributed by atoms with Gasteiger partial charge in [-0.3, -0.25) is 0 Å². The van der Waals surface area contributed by atoms with E-state index < -0.39 is 0 Å². The second-order valence-electron chi connectivity index (χ2n) is 3.57. The first-order valence-electron chi connectivity index (χ1n) is 4.81. The molecule has 84 valence electrons. The highest BCUT2D eigenvalue weighted by molar-refractivity contribution is 9.10. The lowest BCUT2D eigenvalue weighted by Crippen LogP contribution is -2.16. The number of halogens is 2. The number of methoxy groups -OCH3 is 1. The van der Waals surface area contributed by atoms with Crippen LogP contribution in [0.15, 0.2) is 22.7 Å². The first-order valence-corrected chi connectivity index (χ1v) is 5.60. The third-order valence-corrected chi connectivity index (χ3v) is 2.52. The maximum absolute atomic E-state index is 13.4. The van der Waals surface area contributed by atoms with Crippen LogP contribution >= 0.6 is 15.9 Å². The van der Waals surface area contributed by atoms with Crippen molar-refractivity contribution in [2.45, 2.75) is 6.92 Å². The molecule has 0 aromatic heterocycles. The number of ether oxygens (including phenoxy) is 1. The van der Waals surface area contributed by atoms with E-state index in [2.05, 4.69) is 21.2 Å². The Morgan fingerprint density at radius 3 is 2.87 bits per heavy atom. The third-order valence-electron chi connectivity index (χ3n) is 2.02. The van der Waals surface area contributed by atoms with Gasteiger partial charge in [0.2, 0.25) is 0 Å². The zero-order chi connectivity index (χ0) is 11.3. The minimum absolute atomic E-state index is 0.242. The molecule has 0 saturated carbocycles. The molecule has 0 bridgehead atoms. The Labute approximate surface area is 98.0 Å². The van der Waals surface area contributed by atoms with Gasteiger partial charge in [-0.1, -0.05) is 22.9 Å². The van der Waals surface area contributed by atoms with Crippen molar-refractivity contribution >= 4 is 21.6 Å². The first kappa shape index (κ1) is 12.5. The normalized spacial score (nSPS) is 12.5. The number of rotatable bonds is 5. The van der Waals surface area contributed by atoms with Crippen molar-refractivity contribution < 1.29 is 9.13 Å². The van der Waals surface area contributed by atoms with E-state index in [-0.39, 0.29) is 5.82 Å². The summed E-state index contributed by atoms with van der Waals surface area (Å²) in [5, 5.41) is 3.05. The Bertz CT molecular complexity index is 319. The molecular formula is C11H15BrFNO. The smallest absolute Gasteiger partial charge is 0.147 e. The van der Waals surface area contributed by atoms with Crippen LogP contribution in [-0.2, 0) is 4.74 Å². The van der Waals surface area contributed by atoms with Crippen LogP contribution in [0.3, 0.4) is 0 Å². The van der Waals surface area contributed by atoms with Gasteiger partial charge < -0.3 is 10.1 Å². The summed E-state index contributed by atoms with van der Waals surface area (Å²) in [6.45, 7) is 3.42. The van der Waals surface area contributed by atoms with Gasteiger partial charge in [0.25, 0.3) is 0 Å². The highest BCUT2D eigenvalue weighted by Crippen LogP contribution is 2.19. The van der Waals surface area contributed by atoms with Crippen LogP contribution in [-0.4, -0.2) is 20.3 Å². The van der Waals surface area contributed by atoms with Crippen LogP contribution in [0.4, 0.5) is 10.1 Å². The summed E-state index contributed by atoms with van der Waals surface area (Å²) in [6, 6.07) is 4.98. The van der Waals surface area contributed by atoms with Crippen molar-refractivity contribution in [2.75, 3.05) is 25.6 Å². The minimum Gasteiger partial charge on any atom is -0.384 e. The zero-order valence-electron chi connectivity index (χ0n) is 8.89. The largest absolute Gasteiger partial charge is 0.384 e. The topological polar surface area (TPSA) is 21.3 Å². The van der Waals surface area contributed by atoms with E-state index in [0.29, 0.717) is 24.8 Å². The maximum Gasteiger partial charge on any atom is 0.147 e. The number of hydrogen-bond donors (Lipinski definition) is 1. The Kier molecular flexibility index (Phi) is 5.05. The SMILES string of the molecule is COCC(C)CNc1ccc(Br)cc1F. The van der Waals surface area contributed by atoms with E-state index in [4.69, 9.17) is 4.74 Å². The lowest BCUT2D eigenvalue weighted by atomic mass is 10.2. The van der Waals surface area contributed by atoms with E-state index in [1.807, 2.05) is 13.0 Å². The average Bonchev–Trinajstić information content (AvgIpc) is 2.17. The molecule has 0 aliphatic rings. The lowest BCUT2D eigenvalue weighted by Gasteiger charge is -2.13. The number of hydrogen-bond acceptors (Lipinski definition) is 2. The van der Waals surface area contributed by atoms with Gasteiger partial charge in [-0.15, -0.1) is 0 Å². The van der Waals surface area contributed by atoms with Crippen LogP contribution in [0, 0.1) is 11.7 Å². The molecule has 1 aromatic carbocycles. The Morgan fingerprint density at radius 2 is 2.27 bits per heavy atom. The van der Waals surface area contributed by atoms with Crippen LogP contribution in [0.1, 0.15) is 6.92 Å². The maximum atomic E-state index is 13.4. The molecule has 0 radical (unpaired) electrons. The van der Waals surface area contributed by atoms with E-state index >= 15 is 0 Å². The van der Waals surface area contributed by atoms with Crippen molar-refractivity contribution in [3.63, 3.8) is 0 Å². The molecule has 1 aromatic rings. The summed E-state index contributed by atoms with van der Waals surface area (Å²) >= 11 is 3.21. The zero-order valence-corrected chi connectivity index (χ0v) is 10.5. The highest BCUT2D eigenvalue weighted by atomic mass is 79.9. The predicted molar refractivity (Wildman–Crippen MR) is 63.6 cm³/mol. The molecule has 0 fully saturated rings. The molecule has 0 saturated heterocycles. The molecule has 0 aliphatic heterocycles. The van der Waals surface area contributed by atoms with Crippen molar-refractivity contribution in [1.29, 1.82) is 0 Å². The summed E-state index contributed by atoms with van der Waals surface area (Å²) in [5.41, 5.74) is 0.529. The van der Waals surface area contributed by atoms with E-state index in [9.17, 15) is 4.39 Å². The van der Waals surface area contributed by atoms with Crippen molar-refractivity contribution in [1.82, 2.24) is 0 Å². The molecule has 15 heavy (non-hydrogen) atoms. The van der Waals surface area contributed by atoms with Crippen LogP contribution in [0.25, 0.3) is 0 Å². The molecule has 0 aliphatic carbocycles. The van der Waals surface area contributed by atoms with Gasteiger partial charge in [-0.2, -0.15) is 0 Å². The monoisotopic (exact) mass is 275 g/mol. The first-order chi connectivity index (χ1) is 7.13. The summed E-state index contributed by atoms with van der Waals surface area (Å²) in [6.07, 6.45) is 0. The molecule has 4 heteroatoms. The molecule has 1 atom stereocenters. The fraction of sp³-hybridized carbons (Fsp3) is 0.455. The van der Waals surface area contributed by atoms with Crippen LogP contribution < -0.4 is 5.32 Å². The van der Waals surface area contributed by atoms with Crippen LogP contribution in [0.5, 0.6) is 0 Å². The van der Waals surface area contributed by atoms with Gasteiger partial charge in [0.1, 0.15) is 5.82 Å². The average molecular weight is 276 g/mol. The van der Waals surface area contributed by atoms with Gasteiger partial charge in [0.15, 0.2) is 0 Å². The molecule has 1 N–H and O–H groups in total.